The first-order chi connectivity index (χ1) is 15.4. The van der Waals surface area contributed by atoms with Crippen molar-refractivity contribution in [3.8, 4) is 5.75 Å². The van der Waals surface area contributed by atoms with E-state index in [-0.39, 0.29) is 12.1 Å². The van der Waals surface area contributed by atoms with Gasteiger partial charge >= 0.3 is 10.3 Å². The first-order valence-corrected chi connectivity index (χ1v) is 14.1. The lowest BCUT2D eigenvalue weighted by Gasteiger charge is -2.34. The van der Waals surface area contributed by atoms with Gasteiger partial charge in [-0.25, -0.2) is 13.4 Å². The molecule has 0 aliphatic carbocycles. The van der Waals surface area contributed by atoms with E-state index in [2.05, 4.69) is 4.72 Å². The van der Waals surface area contributed by atoms with Crippen LogP contribution >= 0.6 is 11.3 Å². The highest BCUT2D eigenvalue weighted by Crippen LogP contribution is 2.36. The molecule has 178 valence electrons. The summed E-state index contributed by atoms with van der Waals surface area (Å²) >= 11 is 1.44. The molecule has 0 saturated heterocycles. The summed E-state index contributed by atoms with van der Waals surface area (Å²) in [5.41, 5.74) is 0.819. The molecule has 12 heteroatoms. The van der Waals surface area contributed by atoms with Crippen LogP contribution in [-0.2, 0) is 38.7 Å². The van der Waals surface area contributed by atoms with Crippen LogP contribution in [0.2, 0.25) is 0 Å². The summed E-state index contributed by atoms with van der Waals surface area (Å²) in [6, 6.07) is 13.4. The number of methoxy groups -OCH3 is 1. The Labute approximate surface area is 197 Å². The van der Waals surface area contributed by atoms with Crippen LogP contribution in [0.5, 0.6) is 5.75 Å². The van der Waals surface area contributed by atoms with E-state index in [9.17, 15) is 16.8 Å². The van der Waals surface area contributed by atoms with Crippen LogP contribution in [0.3, 0.4) is 0 Å². The van der Waals surface area contributed by atoms with Gasteiger partial charge in [0.05, 0.1) is 29.8 Å². The van der Waals surface area contributed by atoms with Crippen LogP contribution in [0.25, 0.3) is 0 Å². The predicted octanol–water partition coefficient (Wildman–Crippen LogP) is 2.96. The first kappa shape index (κ1) is 25.1. The molecule has 2 aromatic carbocycles. The summed E-state index contributed by atoms with van der Waals surface area (Å²) in [7, 11) is -6.57. The third-order valence-corrected chi connectivity index (χ3v) is 7.09. The molecule has 3 rings (SSSR count). The van der Waals surface area contributed by atoms with Crippen LogP contribution in [-0.4, -0.2) is 39.7 Å². The lowest BCUT2D eigenvalue weighted by molar-refractivity contribution is 0.408. The Morgan fingerprint density at radius 3 is 2.36 bits per heavy atom. The van der Waals surface area contributed by atoms with Crippen molar-refractivity contribution in [1.29, 1.82) is 0 Å². The Bertz CT molecular complexity index is 1320. The minimum Gasteiger partial charge on any atom is -0.497 e. The highest BCUT2D eigenvalue weighted by Gasteiger charge is 2.40. The van der Waals surface area contributed by atoms with Gasteiger partial charge in [-0.15, -0.1) is 11.3 Å². The Hall–Kier alpha value is -2.51. The number of anilines is 1. The van der Waals surface area contributed by atoms with Crippen LogP contribution in [0.15, 0.2) is 53.9 Å². The van der Waals surface area contributed by atoms with Crippen LogP contribution in [0.4, 0.5) is 5.69 Å². The average Bonchev–Trinajstić information content (AvgIpc) is 3.22. The molecule has 1 heterocycles. The normalized spacial score (nSPS) is 13.9. The second-order valence-electron chi connectivity index (χ2n) is 7.44. The number of nitrogens with zero attached hydrogens (tertiary/aromatic N) is 1. The van der Waals surface area contributed by atoms with E-state index in [0.29, 0.717) is 29.0 Å². The molecule has 3 aromatic rings. The van der Waals surface area contributed by atoms with Gasteiger partial charge in [0, 0.05) is 11.8 Å². The zero-order valence-electron chi connectivity index (χ0n) is 18.3. The highest BCUT2D eigenvalue weighted by atomic mass is 32.2. The Morgan fingerprint density at radius 2 is 1.82 bits per heavy atom. The third kappa shape index (κ3) is 6.51. The average molecular weight is 512 g/mol. The summed E-state index contributed by atoms with van der Waals surface area (Å²) in [6.45, 7) is 1.97. The van der Waals surface area contributed by atoms with Crippen molar-refractivity contribution in [2.75, 3.05) is 18.1 Å². The number of nitrogens with one attached hydrogen (secondary N) is 2. The van der Waals surface area contributed by atoms with E-state index < -0.39 is 25.9 Å². The summed E-state index contributed by atoms with van der Waals surface area (Å²) < 4.78 is 66.4. The van der Waals surface area contributed by atoms with E-state index in [1.807, 2.05) is 17.0 Å². The maximum Gasteiger partial charge on any atom is 0.357 e. The molecule has 33 heavy (non-hydrogen) atoms. The molecule has 0 radical (unpaired) electrons. The van der Waals surface area contributed by atoms with Crippen molar-refractivity contribution in [2.45, 2.75) is 25.3 Å². The third-order valence-electron chi connectivity index (χ3n) is 4.88. The van der Waals surface area contributed by atoms with Gasteiger partial charge in [0.15, 0.2) is 0 Å². The number of rotatable bonds is 10. The molecule has 0 amide bonds. The number of sulfonamides is 1. The number of aryl methyl sites for hydroxylation is 1. The fraction of sp³-hybridized carbons (Fsp3) is 0.286. The van der Waals surface area contributed by atoms with Crippen molar-refractivity contribution in [2.24, 2.45) is 0 Å². The fourth-order valence-corrected chi connectivity index (χ4v) is 5.69. The Balaban J connectivity index is 2.17. The molecule has 0 spiro atoms. The van der Waals surface area contributed by atoms with Crippen LogP contribution < -0.4 is 14.2 Å². The fourth-order valence-electron chi connectivity index (χ4n) is 3.51. The number of hydrogen-bond acceptors (Lipinski definition) is 7. The molecule has 9 nitrogen and oxygen atoms in total. The van der Waals surface area contributed by atoms with Gasteiger partial charge < -0.3 is 4.74 Å². The molecule has 3 N–H and O–H groups in total. The summed E-state index contributed by atoms with van der Waals surface area (Å²) in [5.74, 6) is 0.561. The molecule has 1 aromatic heterocycles. The predicted molar refractivity (Wildman–Crippen MR) is 129 cm³/mol. The molecular formula is C21H25N3O6S3. The SMILES string of the molecule is CCc1nc([C@@](Cc2ccc(NS(=O)(=O)O)cc2)(NS(C)(=O)=O)c2cccc(OC)c2)cs1. The zero-order valence-corrected chi connectivity index (χ0v) is 20.7. The molecule has 0 aliphatic rings. The van der Waals surface area contributed by atoms with Crippen molar-refractivity contribution in [3.05, 3.63) is 75.7 Å². The summed E-state index contributed by atoms with van der Waals surface area (Å²) in [6.07, 6.45) is 1.98. The topological polar surface area (TPSA) is 135 Å². The summed E-state index contributed by atoms with van der Waals surface area (Å²) in [4.78, 5) is 4.71. The number of aromatic nitrogens is 1. The zero-order chi connectivity index (χ0) is 24.3. The molecule has 0 unspecified atom stereocenters. The van der Waals surface area contributed by atoms with E-state index in [4.69, 9.17) is 14.3 Å². The highest BCUT2D eigenvalue weighted by molar-refractivity contribution is 7.88. The van der Waals surface area contributed by atoms with E-state index in [1.54, 1.807) is 36.4 Å². The maximum absolute atomic E-state index is 12.6. The number of benzene rings is 2. The second-order valence-corrected chi connectivity index (χ2v) is 11.3. The van der Waals surface area contributed by atoms with Gasteiger partial charge in [0.25, 0.3) is 0 Å². The van der Waals surface area contributed by atoms with Crippen molar-refractivity contribution in [3.63, 3.8) is 0 Å². The quantitative estimate of drug-likeness (QED) is 0.356. The van der Waals surface area contributed by atoms with Crippen LogP contribution in [0, 0.1) is 0 Å². The number of thiazole rings is 1. The van der Waals surface area contributed by atoms with Crippen LogP contribution in [0.1, 0.15) is 28.8 Å². The molecule has 0 fully saturated rings. The van der Waals surface area contributed by atoms with E-state index in [1.165, 1.54) is 30.6 Å². The van der Waals surface area contributed by atoms with Gasteiger partial charge in [-0.05, 0) is 41.8 Å². The second kappa shape index (κ2) is 9.77. The van der Waals surface area contributed by atoms with Gasteiger partial charge in [0.1, 0.15) is 11.3 Å². The molecule has 0 aliphatic heterocycles. The smallest absolute Gasteiger partial charge is 0.357 e. The minimum atomic E-state index is -4.41. The monoisotopic (exact) mass is 511 g/mol. The molecule has 0 bridgehead atoms. The molecule has 1 atom stereocenters. The lowest BCUT2D eigenvalue weighted by Crippen LogP contribution is -2.48. The van der Waals surface area contributed by atoms with Gasteiger partial charge in [-0.1, -0.05) is 31.2 Å². The lowest BCUT2D eigenvalue weighted by atomic mass is 9.82. The molecular weight excluding hydrogens is 486 g/mol. The van der Waals surface area contributed by atoms with Crippen molar-refractivity contribution < 1.29 is 26.1 Å². The molecule has 0 saturated carbocycles. The van der Waals surface area contributed by atoms with E-state index >= 15 is 0 Å². The summed E-state index contributed by atoms with van der Waals surface area (Å²) in [5, 5.41) is 2.70. The van der Waals surface area contributed by atoms with Gasteiger partial charge in [-0.3, -0.25) is 9.27 Å². The number of ether oxygens (including phenoxy) is 1. The van der Waals surface area contributed by atoms with Gasteiger partial charge in [0.2, 0.25) is 10.0 Å². The largest absolute Gasteiger partial charge is 0.497 e. The standard InChI is InChI=1S/C21H25N3O6S3/c1-4-20-22-19(14-31-20)21(24-32(3,25)26,16-6-5-7-18(12-16)30-2)13-15-8-10-17(11-9-15)23-33(27,28)29/h5-12,14,23-24H,4,13H2,1-3H3,(H,27,28,29)/t21-/m0/s1. The Kier molecular flexibility index (Phi) is 7.44. The maximum atomic E-state index is 12.6. The van der Waals surface area contributed by atoms with Crippen molar-refractivity contribution >= 4 is 37.4 Å². The van der Waals surface area contributed by atoms with Gasteiger partial charge in [-0.2, -0.15) is 13.1 Å². The van der Waals surface area contributed by atoms with Crippen molar-refractivity contribution in [1.82, 2.24) is 9.71 Å². The number of hydrogen-bond donors (Lipinski definition) is 3. The van der Waals surface area contributed by atoms with E-state index in [0.717, 1.165) is 11.3 Å². The Morgan fingerprint density at radius 1 is 1.12 bits per heavy atom. The first-order valence-electron chi connectivity index (χ1n) is 9.86. The minimum absolute atomic E-state index is 0.172.